The fraction of sp³-hybridized carbons (Fsp3) is 0.944. The lowest BCUT2D eigenvalue weighted by molar-refractivity contribution is -0.127. The largest absolute Gasteiger partial charge is 0.378 e. The number of nitrogens with two attached hydrogens (primary N) is 1. The molecule has 126 valence electrons. The third kappa shape index (κ3) is 3.33. The number of nitrogens with one attached hydrogen (secondary N) is 1. The van der Waals surface area contributed by atoms with Crippen LogP contribution in [0, 0.1) is 23.7 Å². The number of hydrogen-bond acceptors (Lipinski definition) is 3. The van der Waals surface area contributed by atoms with Crippen LogP contribution in [-0.2, 0) is 9.53 Å². The van der Waals surface area contributed by atoms with Crippen LogP contribution < -0.4 is 11.1 Å². The minimum Gasteiger partial charge on any atom is -0.378 e. The van der Waals surface area contributed by atoms with Crippen LogP contribution in [0.3, 0.4) is 0 Å². The monoisotopic (exact) mass is 308 g/mol. The molecule has 0 aromatic rings. The quantitative estimate of drug-likeness (QED) is 0.759. The van der Waals surface area contributed by atoms with Crippen molar-refractivity contribution in [1.82, 2.24) is 5.32 Å². The fourth-order valence-corrected chi connectivity index (χ4v) is 5.18. The molecule has 0 aromatic carbocycles. The Labute approximate surface area is 134 Å². The van der Waals surface area contributed by atoms with E-state index in [0.29, 0.717) is 23.9 Å². The maximum atomic E-state index is 12.5. The number of amides is 1. The lowest BCUT2D eigenvalue weighted by Gasteiger charge is -2.28. The summed E-state index contributed by atoms with van der Waals surface area (Å²) < 4.78 is 5.93. The highest BCUT2D eigenvalue weighted by molar-refractivity contribution is 5.80. The second kappa shape index (κ2) is 7.31. The molecule has 3 aliphatic carbocycles. The average Bonchev–Trinajstić information content (AvgIpc) is 3.23. The van der Waals surface area contributed by atoms with Crippen LogP contribution in [0.25, 0.3) is 0 Å². The van der Waals surface area contributed by atoms with Crippen molar-refractivity contribution in [3.05, 3.63) is 0 Å². The number of ether oxygens (including phenoxy) is 1. The number of fused-ring (bicyclic) bond motifs is 2. The highest BCUT2D eigenvalue weighted by Gasteiger charge is 2.48. The standard InChI is InChI=1S/C18H32N2O2/c1-2-22-15(12-5-3-4-6-12)9-10-20-18(21)16-13-7-8-14(11-13)17(16)19/h12-17H,2-11,19H2,1H3,(H,20,21). The number of hydrogen-bond donors (Lipinski definition) is 2. The Kier molecular flexibility index (Phi) is 5.40. The van der Waals surface area contributed by atoms with Crippen LogP contribution in [0.4, 0.5) is 0 Å². The Hall–Kier alpha value is -0.610. The predicted molar refractivity (Wildman–Crippen MR) is 87.3 cm³/mol. The van der Waals surface area contributed by atoms with Gasteiger partial charge in [0.15, 0.2) is 0 Å². The molecule has 2 bridgehead atoms. The number of rotatable bonds is 7. The van der Waals surface area contributed by atoms with Crippen LogP contribution in [0.5, 0.6) is 0 Å². The normalized spacial score (nSPS) is 35.9. The molecule has 0 aliphatic heterocycles. The second-order valence-electron chi connectivity index (χ2n) is 7.55. The summed E-state index contributed by atoms with van der Waals surface area (Å²) in [6.45, 7) is 3.57. The van der Waals surface area contributed by atoms with Crippen LogP contribution in [-0.4, -0.2) is 31.2 Å². The van der Waals surface area contributed by atoms with Gasteiger partial charge in [0.05, 0.1) is 12.0 Å². The van der Waals surface area contributed by atoms with Crippen LogP contribution >= 0.6 is 0 Å². The molecular formula is C18H32N2O2. The zero-order chi connectivity index (χ0) is 15.5. The van der Waals surface area contributed by atoms with E-state index in [4.69, 9.17) is 10.5 Å². The highest BCUT2D eigenvalue weighted by atomic mass is 16.5. The van der Waals surface area contributed by atoms with E-state index in [1.165, 1.54) is 44.9 Å². The second-order valence-corrected chi connectivity index (χ2v) is 7.55. The fourth-order valence-electron chi connectivity index (χ4n) is 5.18. The molecule has 0 spiro atoms. The van der Waals surface area contributed by atoms with Gasteiger partial charge in [-0.15, -0.1) is 0 Å². The van der Waals surface area contributed by atoms with Gasteiger partial charge in [0, 0.05) is 19.2 Å². The molecule has 3 fully saturated rings. The van der Waals surface area contributed by atoms with Crippen LogP contribution in [0.15, 0.2) is 0 Å². The number of carbonyl (C=O) groups is 1. The van der Waals surface area contributed by atoms with Crippen molar-refractivity contribution in [3.8, 4) is 0 Å². The van der Waals surface area contributed by atoms with Gasteiger partial charge in [-0.05, 0) is 63.2 Å². The van der Waals surface area contributed by atoms with Gasteiger partial charge < -0.3 is 15.8 Å². The van der Waals surface area contributed by atoms with E-state index < -0.39 is 0 Å². The van der Waals surface area contributed by atoms with Gasteiger partial charge in [-0.1, -0.05) is 12.8 Å². The molecule has 22 heavy (non-hydrogen) atoms. The van der Waals surface area contributed by atoms with E-state index in [0.717, 1.165) is 19.6 Å². The Morgan fingerprint density at radius 3 is 2.59 bits per heavy atom. The first-order valence-corrected chi connectivity index (χ1v) is 9.35. The summed E-state index contributed by atoms with van der Waals surface area (Å²) >= 11 is 0. The number of carbonyl (C=O) groups excluding carboxylic acids is 1. The van der Waals surface area contributed by atoms with E-state index in [9.17, 15) is 4.79 Å². The zero-order valence-corrected chi connectivity index (χ0v) is 13.9. The lowest BCUT2D eigenvalue weighted by atomic mass is 9.84. The molecule has 1 amide bonds. The van der Waals surface area contributed by atoms with Gasteiger partial charge in [-0.2, -0.15) is 0 Å². The first-order valence-electron chi connectivity index (χ1n) is 9.35. The van der Waals surface area contributed by atoms with Gasteiger partial charge in [0.1, 0.15) is 0 Å². The molecule has 0 radical (unpaired) electrons. The van der Waals surface area contributed by atoms with Crippen molar-refractivity contribution in [2.24, 2.45) is 29.4 Å². The summed E-state index contributed by atoms with van der Waals surface area (Å²) in [6, 6.07) is 0.0938. The van der Waals surface area contributed by atoms with Crippen LogP contribution in [0.2, 0.25) is 0 Å². The maximum Gasteiger partial charge on any atom is 0.224 e. The molecule has 5 atom stereocenters. The van der Waals surface area contributed by atoms with Gasteiger partial charge in [0.25, 0.3) is 0 Å². The first kappa shape index (κ1) is 16.3. The molecule has 0 saturated heterocycles. The van der Waals surface area contributed by atoms with Crippen molar-refractivity contribution in [3.63, 3.8) is 0 Å². The molecular weight excluding hydrogens is 276 g/mol. The molecule has 3 saturated carbocycles. The van der Waals surface area contributed by atoms with Crippen molar-refractivity contribution < 1.29 is 9.53 Å². The Balaban J connectivity index is 1.44. The minimum absolute atomic E-state index is 0.0655. The Bertz CT molecular complexity index is 379. The molecule has 4 heteroatoms. The van der Waals surface area contributed by atoms with Crippen molar-refractivity contribution >= 4 is 5.91 Å². The summed E-state index contributed by atoms with van der Waals surface area (Å²) in [5.74, 6) is 2.09. The van der Waals surface area contributed by atoms with E-state index in [2.05, 4.69) is 12.2 Å². The lowest BCUT2D eigenvalue weighted by Crippen LogP contribution is -2.46. The van der Waals surface area contributed by atoms with Gasteiger partial charge in [0.2, 0.25) is 5.91 Å². The smallest absolute Gasteiger partial charge is 0.224 e. The molecule has 3 N–H and O–H groups in total. The molecule has 4 nitrogen and oxygen atoms in total. The summed E-state index contributed by atoms with van der Waals surface area (Å²) in [6.07, 6.45) is 10.1. The van der Waals surface area contributed by atoms with E-state index in [-0.39, 0.29) is 17.9 Å². The molecule has 3 rings (SSSR count). The summed E-state index contributed by atoms with van der Waals surface area (Å²) in [4.78, 5) is 12.5. The topological polar surface area (TPSA) is 64.3 Å². The molecule has 5 unspecified atom stereocenters. The Morgan fingerprint density at radius 2 is 1.95 bits per heavy atom. The van der Waals surface area contributed by atoms with Crippen molar-refractivity contribution in [2.45, 2.75) is 70.4 Å². The maximum absolute atomic E-state index is 12.5. The van der Waals surface area contributed by atoms with Gasteiger partial charge in [-0.25, -0.2) is 0 Å². The van der Waals surface area contributed by atoms with Crippen molar-refractivity contribution in [1.29, 1.82) is 0 Å². The minimum atomic E-state index is 0.0655. The molecule has 0 aromatic heterocycles. The third-order valence-corrected chi connectivity index (χ3v) is 6.32. The van der Waals surface area contributed by atoms with Crippen LogP contribution in [0.1, 0.15) is 58.3 Å². The van der Waals surface area contributed by atoms with E-state index >= 15 is 0 Å². The van der Waals surface area contributed by atoms with E-state index in [1.807, 2.05) is 0 Å². The molecule has 0 heterocycles. The molecule has 3 aliphatic rings. The highest BCUT2D eigenvalue weighted by Crippen LogP contribution is 2.47. The first-order chi connectivity index (χ1) is 10.7. The Morgan fingerprint density at radius 1 is 1.23 bits per heavy atom. The predicted octanol–water partition coefficient (Wildman–Crippen LogP) is 2.46. The summed E-state index contributed by atoms with van der Waals surface area (Å²) in [7, 11) is 0. The van der Waals surface area contributed by atoms with E-state index in [1.54, 1.807) is 0 Å². The zero-order valence-electron chi connectivity index (χ0n) is 13.9. The SMILES string of the molecule is CCOC(CCNC(=O)C1C2CCC(C2)C1N)C1CCCC1. The summed E-state index contributed by atoms with van der Waals surface area (Å²) in [5.41, 5.74) is 6.26. The van der Waals surface area contributed by atoms with Crippen molar-refractivity contribution in [2.75, 3.05) is 13.2 Å². The van der Waals surface area contributed by atoms with Gasteiger partial charge in [-0.3, -0.25) is 4.79 Å². The summed E-state index contributed by atoms with van der Waals surface area (Å²) in [5, 5.41) is 3.15. The third-order valence-electron chi connectivity index (χ3n) is 6.32. The average molecular weight is 308 g/mol. The van der Waals surface area contributed by atoms with Gasteiger partial charge >= 0.3 is 0 Å².